The molecule has 78 valence electrons. The molecule has 0 saturated heterocycles. The van der Waals surface area contributed by atoms with Crippen LogP contribution in [0.2, 0.25) is 5.02 Å². The van der Waals surface area contributed by atoms with E-state index in [0.717, 1.165) is 0 Å². The molecule has 2 nitrogen and oxygen atoms in total. The van der Waals surface area contributed by atoms with Crippen LogP contribution in [-0.4, -0.2) is 5.11 Å². The molecule has 1 aromatic carbocycles. The molecular formula is C11H8ClFO2. The van der Waals surface area contributed by atoms with Crippen molar-refractivity contribution < 1.29 is 13.9 Å². The van der Waals surface area contributed by atoms with Crippen LogP contribution >= 0.6 is 11.6 Å². The van der Waals surface area contributed by atoms with Crippen molar-refractivity contribution in [2.75, 3.05) is 0 Å². The van der Waals surface area contributed by atoms with Gasteiger partial charge < -0.3 is 9.52 Å². The first-order valence-corrected chi connectivity index (χ1v) is 4.72. The molecular weight excluding hydrogens is 219 g/mol. The molecule has 0 aliphatic carbocycles. The molecule has 4 heteroatoms. The fourth-order valence-corrected chi connectivity index (χ4v) is 1.48. The van der Waals surface area contributed by atoms with Crippen LogP contribution in [0.5, 0.6) is 0 Å². The van der Waals surface area contributed by atoms with Gasteiger partial charge in [-0.25, -0.2) is 4.39 Å². The number of benzene rings is 1. The maximum absolute atomic E-state index is 12.9. The van der Waals surface area contributed by atoms with Gasteiger partial charge in [-0.3, -0.25) is 0 Å². The summed E-state index contributed by atoms with van der Waals surface area (Å²) in [6, 6.07) is 7.37. The van der Waals surface area contributed by atoms with E-state index in [4.69, 9.17) is 16.0 Å². The molecule has 0 fully saturated rings. The number of aliphatic hydroxyl groups excluding tert-OH is 1. The Kier molecular flexibility index (Phi) is 2.75. The van der Waals surface area contributed by atoms with E-state index >= 15 is 0 Å². The van der Waals surface area contributed by atoms with Crippen molar-refractivity contribution in [1.82, 2.24) is 0 Å². The molecule has 2 aromatic rings. The molecule has 0 amide bonds. The van der Waals surface area contributed by atoms with Gasteiger partial charge in [-0.15, -0.1) is 0 Å². The second-order valence-corrected chi connectivity index (χ2v) is 3.50. The van der Waals surface area contributed by atoms with Crippen LogP contribution in [0.15, 0.2) is 41.0 Å². The molecule has 0 saturated carbocycles. The summed E-state index contributed by atoms with van der Waals surface area (Å²) in [4.78, 5) is 0. The van der Waals surface area contributed by atoms with E-state index in [-0.39, 0.29) is 5.02 Å². The van der Waals surface area contributed by atoms with Gasteiger partial charge in [-0.1, -0.05) is 17.7 Å². The van der Waals surface area contributed by atoms with Gasteiger partial charge in [0.2, 0.25) is 0 Å². The van der Waals surface area contributed by atoms with Crippen LogP contribution in [0.1, 0.15) is 17.4 Å². The largest absolute Gasteiger partial charge is 0.466 e. The van der Waals surface area contributed by atoms with Crippen LogP contribution < -0.4 is 0 Å². The predicted molar refractivity (Wildman–Crippen MR) is 54.2 cm³/mol. The number of halogens is 2. The Labute approximate surface area is 90.9 Å². The first kappa shape index (κ1) is 10.2. The highest BCUT2D eigenvalue weighted by atomic mass is 35.5. The number of hydrogen-bond acceptors (Lipinski definition) is 2. The Bertz CT molecular complexity index is 454. The Morgan fingerprint density at radius 3 is 2.73 bits per heavy atom. The lowest BCUT2D eigenvalue weighted by Gasteiger charge is -2.08. The predicted octanol–water partition coefficient (Wildman–Crippen LogP) is 3.15. The van der Waals surface area contributed by atoms with Crippen LogP contribution in [0, 0.1) is 5.82 Å². The van der Waals surface area contributed by atoms with Crippen molar-refractivity contribution in [2.24, 2.45) is 0 Å². The smallest absolute Gasteiger partial charge is 0.141 e. The highest BCUT2D eigenvalue weighted by molar-refractivity contribution is 6.30. The molecule has 0 spiro atoms. The molecule has 0 bridgehead atoms. The number of aliphatic hydroxyl groups is 1. The topological polar surface area (TPSA) is 33.4 Å². The van der Waals surface area contributed by atoms with E-state index in [1.807, 2.05) is 0 Å². The van der Waals surface area contributed by atoms with Crippen LogP contribution in [0.25, 0.3) is 0 Å². The van der Waals surface area contributed by atoms with Gasteiger partial charge in [0.1, 0.15) is 17.7 Å². The number of furan rings is 1. The number of rotatable bonds is 2. The second-order valence-electron chi connectivity index (χ2n) is 3.09. The summed E-state index contributed by atoms with van der Waals surface area (Å²) in [5, 5.41) is 9.81. The monoisotopic (exact) mass is 226 g/mol. The molecule has 1 N–H and O–H groups in total. The highest BCUT2D eigenvalue weighted by Crippen LogP contribution is 2.25. The second kappa shape index (κ2) is 4.04. The third kappa shape index (κ3) is 2.03. The summed E-state index contributed by atoms with van der Waals surface area (Å²) in [5.41, 5.74) is 0.497. The van der Waals surface area contributed by atoms with E-state index in [2.05, 4.69) is 0 Å². The van der Waals surface area contributed by atoms with Gasteiger partial charge in [0.25, 0.3) is 0 Å². The van der Waals surface area contributed by atoms with Gasteiger partial charge in [0, 0.05) is 0 Å². The van der Waals surface area contributed by atoms with E-state index in [0.29, 0.717) is 11.3 Å². The van der Waals surface area contributed by atoms with Gasteiger partial charge >= 0.3 is 0 Å². The Balaban J connectivity index is 2.34. The summed E-state index contributed by atoms with van der Waals surface area (Å²) in [7, 11) is 0. The van der Waals surface area contributed by atoms with Crippen molar-refractivity contribution >= 4 is 11.6 Å². The minimum absolute atomic E-state index is 0.0156. The average molecular weight is 227 g/mol. The zero-order valence-corrected chi connectivity index (χ0v) is 8.41. The zero-order valence-electron chi connectivity index (χ0n) is 7.65. The van der Waals surface area contributed by atoms with Crippen molar-refractivity contribution in [3.8, 4) is 0 Å². The van der Waals surface area contributed by atoms with Crippen molar-refractivity contribution in [3.05, 3.63) is 58.8 Å². The first-order chi connectivity index (χ1) is 7.18. The summed E-state index contributed by atoms with van der Waals surface area (Å²) in [6.45, 7) is 0. The summed E-state index contributed by atoms with van der Waals surface area (Å²) >= 11 is 5.60. The van der Waals surface area contributed by atoms with Gasteiger partial charge in [-0.2, -0.15) is 0 Å². The molecule has 0 radical (unpaired) electrons. The highest BCUT2D eigenvalue weighted by Gasteiger charge is 2.14. The standard InChI is InChI=1S/C11H8ClFO2/c12-8-6-7(3-4-9(8)13)11(14)10-2-1-5-15-10/h1-6,11,14H. The Morgan fingerprint density at radius 1 is 1.33 bits per heavy atom. The molecule has 15 heavy (non-hydrogen) atoms. The molecule has 0 aliphatic rings. The van der Waals surface area contributed by atoms with Gasteiger partial charge in [0.05, 0.1) is 11.3 Å². The van der Waals surface area contributed by atoms with E-state index in [9.17, 15) is 9.50 Å². The van der Waals surface area contributed by atoms with E-state index in [1.165, 1.54) is 24.5 Å². The Morgan fingerprint density at radius 2 is 2.13 bits per heavy atom. The van der Waals surface area contributed by atoms with E-state index in [1.54, 1.807) is 12.1 Å². The van der Waals surface area contributed by atoms with Gasteiger partial charge in [-0.05, 0) is 29.8 Å². The lowest BCUT2D eigenvalue weighted by molar-refractivity contribution is 0.189. The minimum Gasteiger partial charge on any atom is -0.466 e. The average Bonchev–Trinajstić information content (AvgIpc) is 2.74. The maximum atomic E-state index is 12.9. The van der Waals surface area contributed by atoms with Gasteiger partial charge in [0.15, 0.2) is 0 Å². The molecule has 0 aliphatic heterocycles. The maximum Gasteiger partial charge on any atom is 0.141 e. The fraction of sp³-hybridized carbons (Fsp3) is 0.0909. The Hall–Kier alpha value is -1.32. The summed E-state index contributed by atoms with van der Waals surface area (Å²) < 4.78 is 17.9. The lowest BCUT2D eigenvalue weighted by Crippen LogP contribution is -1.98. The fourth-order valence-electron chi connectivity index (χ4n) is 1.29. The van der Waals surface area contributed by atoms with Crippen molar-refractivity contribution in [1.29, 1.82) is 0 Å². The zero-order chi connectivity index (χ0) is 10.8. The number of hydrogen-bond donors (Lipinski definition) is 1. The minimum atomic E-state index is -0.918. The molecule has 1 heterocycles. The molecule has 1 atom stereocenters. The third-order valence-corrected chi connectivity index (χ3v) is 2.36. The van der Waals surface area contributed by atoms with Crippen molar-refractivity contribution in [2.45, 2.75) is 6.10 Å². The van der Waals surface area contributed by atoms with Crippen LogP contribution in [0.4, 0.5) is 4.39 Å². The van der Waals surface area contributed by atoms with E-state index < -0.39 is 11.9 Å². The molecule has 2 rings (SSSR count). The summed E-state index contributed by atoms with van der Waals surface area (Å²) in [6.07, 6.45) is 0.544. The molecule has 1 aromatic heterocycles. The third-order valence-electron chi connectivity index (χ3n) is 2.07. The lowest BCUT2D eigenvalue weighted by atomic mass is 10.1. The van der Waals surface area contributed by atoms with Crippen molar-refractivity contribution in [3.63, 3.8) is 0 Å². The van der Waals surface area contributed by atoms with Crippen LogP contribution in [-0.2, 0) is 0 Å². The summed E-state index contributed by atoms with van der Waals surface area (Å²) in [5.74, 6) is -0.107. The molecule has 1 unspecified atom stereocenters. The SMILES string of the molecule is OC(c1ccc(F)c(Cl)c1)c1ccco1. The quantitative estimate of drug-likeness (QED) is 0.853. The normalized spacial score (nSPS) is 12.7. The first-order valence-electron chi connectivity index (χ1n) is 4.35. The van der Waals surface area contributed by atoms with Crippen LogP contribution in [0.3, 0.4) is 0 Å².